The molecular weight excluding hydrogens is 140 g/mol. The molecule has 0 bridgehead atoms. The third-order valence-electron chi connectivity index (χ3n) is 1.01. The molecule has 0 aromatic rings. The van der Waals surface area contributed by atoms with Crippen LogP contribution >= 0.6 is 0 Å². The van der Waals surface area contributed by atoms with Crippen LogP contribution in [0.1, 0.15) is 12.8 Å². The minimum atomic E-state index is -0.450. The number of primary amides is 1. The minimum Gasteiger partial charge on any atom is -0.391 e. The van der Waals surface area contributed by atoms with Gasteiger partial charge in [-0.2, -0.15) is 0 Å². The van der Waals surface area contributed by atoms with Gasteiger partial charge in [-0.05, 0) is 6.42 Å². The predicted octanol–water partition coefficient (Wildman–Crippen LogP) is -0.0116. The Morgan fingerprint density at radius 2 is 2.45 bits per heavy atom. The molecule has 0 aliphatic carbocycles. The summed E-state index contributed by atoms with van der Waals surface area (Å²) in [5.74, 6) is 2.06. The summed E-state index contributed by atoms with van der Waals surface area (Å²) < 4.78 is 0. The van der Waals surface area contributed by atoms with Crippen LogP contribution in [0, 0.1) is 12.3 Å². The van der Waals surface area contributed by atoms with Gasteiger partial charge in [0.15, 0.2) is 0 Å². The van der Waals surface area contributed by atoms with Crippen molar-refractivity contribution in [2.75, 3.05) is 6.54 Å². The van der Waals surface area contributed by atoms with E-state index in [1.165, 1.54) is 12.3 Å². The van der Waals surface area contributed by atoms with Gasteiger partial charge < -0.3 is 11.1 Å². The molecule has 0 radical (unpaired) electrons. The molecule has 0 atom stereocenters. The van der Waals surface area contributed by atoms with Crippen LogP contribution in [-0.2, 0) is 4.79 Å². The smallest absolute Gasteiger partial charge is 0.242 e. The van der Waals surface area contributed by atoms with Gasteiger partial charge in [-0.15, -0.1) is 12.3 Å². The van der Waals surface area contributed by atoms with E-state index >= 15 is 0 Å². The van der Waals surface area contributed by atoms with E-state index in [0.717, 1.165) is 19.4 Å². The highest BCUT2D eigenvalue weighted by atomic mass is 16.1. The lowest BCUT2D eigenvalue weighted by molar-refractivity contribution is -0.113. The summed E-state index contributed by atoms with van der Waals surface area (Å²) in [5.41, 5.74) is 4.84. The second kappa shape index (κ2) is 6.69. The molecule has 1 amide bonds. The molecule has 0 aromatic heterocycles. The van der Waals surface area contributed by atoms with Gasteiger partial charge in [0.2, 0.25) is 5.91 Å². The Kier molecular flexibility index (Phi) is 5.82. The number of carbonyl (C=O) groups is 1. The normalized spacial score (nSPS) is 9.36. The monoisotopic (exact) mass is 152 g/mol. The molecule has 3 heteroatoms. The van der Waals surface area contributed by atoms with E-state index in [2.05, 4.69) is 11.2 Å². The lowest BCUT2D eigenvalue weighted by Crippen LogP contribution is -2.11. The van der Waals surface area contributed by atoms with Crippen LogP contribution in [0.5, 0.6) is 0 Å². The largest absolute Gasteiger partial charge is 0.391 e. The Morgan fingerprint density at radius 3 is 3.00 bits per heavy atom. The Morgan fingerprint density at radius 1 is 1.73 bits per heavy atom. The lowest BCUT2D eigenvalue weighted by atomic mass is 10.3. The minimum absolute atomic E-state index is 0.450. The van der Waals surface area contributed by atoms with Crippen LogP contribution in [0.4, 0.5) is 0 Å². The topological polar surface area (TPSA) is 55.1 Å². The number of rotatable bonds is 5. The van der Waals surface area contributed by atoms with Gasteiger partial charge in [0.1, 0.15) is 0 Å². The van der Waals surface area contributed by atoms with E-state index in [-0.39, 0.29) is 0 Å². The number of unbranched alkanes of at least 4 members (excludes halogenated alkanes) is 1. The molecule has 0 saturated carbocycles. The van der Waals surface area contributed by atoms with Crippen molar-refractivity contribution in [2.45, 2.75) is 12.8 Å². The summed E-state index contributed by atoms with van der Waals surface area (Å²) in [4.78, 5) is 10.2. The molecule has 0 aromatic carbocycles. The highest BCUT2D eigenvalue weighted by Gasteiger charge is 1.82. The zero-order valence-corrected chi connectivity index (χ0v) is 6.34. The van der Waals surface area contributed by atoms with Crippen molar-refractivity contribution in [1.82, 2.24) is 5.32 Å². The summed E-state index contributed by atoms with van der Waals surface area (Å²) in [6.45, 7) is 0.772. The molecule has 0 aliphatic rings. The second-order valence-corrected chi connectivity index (χ2v) is 2.00. The molecule has 0 heterocycles. The number of amides is 1. The maximum atomic E-state index is 10.2. The van der Waals surface area contributed by atoms with E-state index < -0.39 is 5.91 Å². The van der Waals surface area contributed by atoms with Crippen LogP contribution in [0.3, 0.4) is 0 Å². The van der Waals surface area contributed by atoms with Crippen LogP contribution in [0.25, 0.3) is 0 Å². The first-order chi connectivity index (χ1) is 5.27. The Labute approximate surface area is 66.7 Å². The maximum Gasteiger partial charge on any atom is 0.242 e. The third-order valence-corrected chi connectivity index (χ3v) is 1.01. The molecule has 0 fully saturated rings. The maximum absolute atomic E-state index is 10.2. The van der Waals surface area contributed by atoms with Crippen molar-refractivity contribution < 1.29 is 4.79 Å². The Bertz CT molecular complexity index is 179. The summed E-state index contributed by atoms with van der Waals surface area (Å²) in [5, 5.41) is 2.87. The number of carbonyl (C=O) groups excluding carboxylic acids is 1. The highest BCUT2D eigenvalue weighted by Crippen LogP contribution is 1.81. The molecule has 11 heavy (non-hydrogen) atoms. The van der Waals surface area contributed by atoms with E-state index in [1.807, 2.05) is 0 Å². The molecule has 0 aliphatic heterocycles. The van der Waals surface area contributed by atoms with E-state index in [1.54, 1.807) is 0 Å². The van der Waals surface area contributed by atoms with Gasteiger partial charge in [0.25, 0.3) is 0 Å². The average molecular weight is 152 g/mol. The van der Waals surface area contributed by atoms with Crippen molar-refractivity contribution in [3.05, 3.63) is 12.3 Å². The first kappa shape index (κ1) is 9.57. The summed E-state index contributed by atoms with van der Waals surface area (Å²) >= 11 is 0. The van der Waals surface area contributed by atoms with Crippen molar-refractivity contribution in [1.29, 1.82) is 0 Å². The Balaban J connectivity index is 3.15. The molecule has 3 N–H and O–H groups in total. The fraction of sp³-hybridized carbons (Fsp3) is 0.375. The zero-order chi connectivity index (χ0) is 8.53. The first-order valence-corrected chi connectivity index (χ1v) is 3.40. The van der Waals surface area contributed by atoms with Gasteiger partial charge in [-0.25, -0.2) is 0 Å². The molecule has 0 rings (SSSR count). The van der Waals surface area contributed by atoms with Gasteiger partial charge in [0, 0.05) is 25.2 Å². The van der Waals surface area contributed by atoms with Gasteiger partial charge in [-0.3, -0.25) is 4.79 Å². The van der Waals surface area contributed by atoms with Crippen LogP contribution in [0.15, 0.2) is 12.3 Å². The lowest BCUT2D eigenvalue weighted by Gasteiger charge is -1.94. The van der Waals surface area contributed by atoms with E-state index in [9.17, 15) is 4.79 Å². The van der Waals surface area contributed by atoms with Crippen molar-refractivity contribution in [3.8, 4) is 12.3 Å². The fourth-order valence-corrected chi connectivity index (χ4v) is 0.517. The van der Waals surface area contributed by atoms with Crippen molar-refractivity contribution >= 4 is 5.91 Å². The molecule has 60 valence electrons. The predicted molar refractivity (Wildman–Crippen MR) is 44.4 cm³/mol. The van der Waals surface area contributed by atoms with Gasteiger partial charge in [-0.1, -0.05) is 0 Å². The standard InChI is InChI=1S/C8H12N2O/c1-2-3-4-6-10-7-5-8(9)11/h1,5,7,10H,3-4,6H2,(H2,9,11)/b7-5-. The number of hydrogen-bond donors (Lipinski definition) is 2. The van der Waals surface area contributed by atoms with Crippen LogP contribution < -0.4 is 11.1 Å². The van der Waals surface area contributed by atoms with Crippen molar-refractivity contribution in [2.24, 2.45) is 5.73 Å². The summed E-state index contributed by atoms with van der Waals surface area (Å²) in [6, 6.07) is 0. The molecule has 0 saturated heterocycles. The van der Waals surface area contributed by atoms with Gasteiger partial charge >= 0.3 is 0 Å². The van der Waals surface area contributed by atoms with Crippen molar-refractivity contribution in [3.63, 3.8) is 0 Å². The third kappa shape index (κ3) is 8.57. The average Bonchev–Trinajstić information content (AvgIpc) is 1.96. The second-order valence-electron chi connectivity index (χ2n) is 2.00. The number of terminal acetylenes is 1. The molecule has 3 nitrogen and oxygen atoms in total. The quantitative estimate of drug-likeness (QED) is 0.330. The van der Waals surface area contributed by atoms with Gasteiger partial charge in [0.05, 0.1) is 0 Å². The summed E-state index contributed by atoms with van der Waals surface area (Å²) in [7, 11) is 0. The fourth-order valence-electron chi connectivity index (χ4n) is 0.517. The first-order valence-electron chi connectivity index (χ1n) is 3.40. The molecule has 0 spiro atoms. The SMILES string of the molecule is C#CCCCN/C=C\C(N)=O. The highest BCUT2D eigenvalue weighted by molar-refractivity contribution is 5.85. The van der Waals surface area contributed by atoms with E-state index in [0.29, 0.717) is 0 Å². The molecule has 0 unspecified atom stereocenters. The van der Waals surface area contributed by atoms with Crippen LogP contribution in [0.2, 0.25) is 0 Å². The van der Waals surface area contributed by atoms with Crippen LogP contribution in [-0.4, -0.2) is 12.5 Å². The van der Waals surface area contributed by atoms with E-state index in [4.69, 9.17) is 12.2 Å². The number of nitrogens with one attached hydrogen (secondary N) is 1. The Hall–Kier alpha value is -1.43. The number of nitrogens with two attached hydrogens (primary N) is 1. The zero-order valence-electron chi connectivity index (χ0n) is 6.34. The molecular formula is C8H12N2O. The number of hydrogen-bond acceptors (Lipinski definition) is 2. The summed E-state index contributed by atoms with van der Waals surface area (Å²) in [6.07, 6.45) is 9.47.